The number of aromatic amines is 1. The summed E-state index contributed by atoms with van der Waals surface area (Å²) in [5.41, 5.74) is 3.38. The number of fused-ring (bicyclic) bond motifs is 1. The lowest BCUT2D eigenvalue weighted by Gasteiger charge is -2.09. The molecular weight excluding hydrogens is 324 g/mol. The van der Waals surface area contributed by atoms with Crippen LogP contribution in [0, 0.1) is 0 Å². The zero-order chi connectivity index (χ0) is 13.2. The van der Waals surface area contributed by atoms with Crippen molar-refractivity contribution in [1.82, 2.24) is 4.98 Å². The molecule has 3 aromatic rings. The molecular formula is C15H12BrClN2. The lowest BCUT2D eigenvalue weighted by atomic mass is 10.1. The molecule has 96 valence electrons. The highest BCUT2D eigenvalue weighted by Gasteiger charge is 2.03. The molecule has 0 spiro atoms. The van der Waals surface area contributed by atoms with E-state index in [9.17, 15) is 0 Å². The average Bonchev–Trinajstić information content (AvgIpc) is 2.88. The average molecular weight is 336 g/mol. The third-order valence-electron chi connectivity index (χ3n) is 3.05. The summed E-state index contributed by atoms with van der Waals surface area (Å²) in [7, 11) is 0. The molecule has 2 nitrogen and oxygen atoms in total. The Hall–Kier alpha value is -1.45. The quantitative estimate of drug-likeness (QED) is 0.677. The fraction of sp³-hybridized carbons (Fsp3) is 0.0667. The van der Waals surface area contributed by atoms with Gasteiger partial charge in [-0.25, -0.2) is 0 Å². The lowest BCUT2D eigenvalue weighted by molar-refractivity contribution is 1.15. The largest absolute Gasteiger partial charge is 0.380 e. The van der Waals surface area contributed by atoms with Crippen molar-refractivity contribution in [2.45, 2.75) is 6.54 Å². The van der Waals surface area contributed by atoms with Crippen LogP contribution in [0.2, 0.25) is 5.02 Å². The van der Waals surface area contributed by atoms with E-state index >= 15 is 0 Å². The van der Waals surface area contributed by atoms with Crippen LogP contribution >= 0.6 is 27.5 Å². The second kappa shape index (κ2) is 5.27. The zero-order valence-electron chi connectivity index (χ0n) is 10.1. The Morgan fingerprint density at radius 1 is 1.16 bits per heavy atom. The predicted molar refractivity (Wildman–Crippen MR) is 84.8 cm³/mol. The van der Waals surface area contributed by atoms with Gasteiger partial charge in [0.05, 0.1) is 15.2 Å². The topological polar surface area (TPSA) is 27.8 Å². The number of hydrogen-bond donors (Lipinski definition) is 2. The van der Waals surface area contributed by atoms with Gasteiger partial charge in [0.25, 0.3) is 0 Å². The summed E-state index contributed by atoms with van der Waals surface area (Å²) in [5.74, 6) is 0. The summed E-state index contributed by atoms with van der Waals surface area (Å²) in [6.07, 6.45) is 1.95. The smallest absolute Gasteiger partial charge is 0.0593 e. The molecule has 0 aliphatic rings. The summed E-state index contributed by atoms with van der Waals surface area (Å²) in [4.78, 5) is 3.22. The standard InChI is InChI=1S/C15H12BrClN2/c16-15-12(17)2-1-3-13(15)19-9-10-4-5-11-6-7-18-14(11)8-10/h1-8,18-19H,9H2. The molecule has 19 heavy (non-hydrogen) atoms. The van der Waals surface area contributed by atoms with Gasteiger partial charge in [0.1, 0.15) is 0 Å². The summed E-state index contributed by atoms with van der Waals surface area (Å²) in [6, 6.07) is 14.3. The number of nitrogens with one attached hydrogen (secondary N) is 2. The minimum atomic E-state index is 0.713. The Labute approximate surface area is 124 Å². The van der Waals surface area contributed by atoms with Crippen LogP contribution in [0.5, 0.6) is 0 Å². The highest BCUT2D eigenvalue weighted by atomic mass is 79.9. The van der Waals surface area contributed by atoms with Crippen molar-refractivity contribution < 1.29 is 0 Å². The molecule has 0 amide bonds. The summed E-state index contributed by atoms with van der Waals surface area (Å²) < 4.78 is 0.901. The van der Waals surface area contributed by atoms with E-state index < -0.39 is 0 Å². The van der Waals surface area contributed by atoms with Gasteiger partial charge in [0.2, 0.25) is 0 Å². The van der Waals surface area contributed by atoms with Gasteiger partial charge in [-0.1, -0.05) is 29.8 Å². The van der Waals surface area contributed by atoms with Gasteiger partial charge in [0.15, 0.2) is 0 Å². The zero-order valence-corrected chi connectivity index (χ0v) is 12.4. The molecule has 0 aliphatic carbocycles. The van der Waals surface area contributed by atoms with Crippen LogP contribution in [-0.4, -0.2) is 4.98 Å². The van der Waals surface area contributed by atoms with Gasteiger partial charge in [0, 0.05) is 18.3 Å². The van der Waals surface area contributed by atoms with E-state index in [-0.39, 0.29) is 0 Å². The third kappa shape index (κ3) is 2.62. The number of aromatic nitrogens is 1. The van der Waals surface area contributed by atoms with Crippen LogP contribution < -0.4 is 5.32 Å². The molecule has 0 fully saturated rings. The molecule has 0 bridgehead atoms. The molecule has 0 atom stereocenters. The first-order chi connectivity index (χ1) is 9.24. The van der Waals surface area contributed by atoms with Crippen molar-refractivity contribution in [3.8, 4) is 0 Å². The molecule has 0 unspecified atom stereocenters. The van der Waals surface area contributed by atoms with E-state index in [1.807, 2.05) is 24.4 Å². The van der Waals surface area contributed by atoms with Crippen LogP contribution in [0.3, 0.4) is 0 Å². The molecule has 2 aromatic carbocycles. The predicted octanol–water partition coefficient (Wildman–Crippen LogP) is 5.20. The highest BCUT2D eigenvalue weighted by molar-refractivity contribution is 9.10. The Balaban J connectivity index is 1.80. The number of rotatable bonds is 3. The van der Waals surface area contributed by atoms with Crippen molar-refractivity contribution in [3.63, 3.8) is 0 Å². The lowest BCUT2D eigenvalue weighted by Crippen LogP contribution is -2.00. The van der Waals surface area contributed by atoms with E-state index in [0.29, 0.717) is 5.02 Å². The van der Waals surface area contributed by atoms with E-state index in [1.165, 1.54) is 10.9 Å². The highest BCUT2D eigenvalue weighted by Crippen LogP contribution is 2.30. The van der Waals surface area contributed by atoms with Crippen molar-refractivity contribution in [1.29, 1.82) is 0 Å². The van der Waals surface area contributed by atoms with Crippen LogP contribution in [0.1, 0.15) is 5.56 Å². The van der Waals surface area contributed by atoms with Crippen LogP contribution in [0.15, 0.2) is 53.1 Å². The first-order valence-corrected chi connectivity index (χ1v) is 7.15. The summed E-state index contributed by atoms with van der Waals surface area (Å²) >= 11 is 9.55. The molecule has 1 aromatic heterocycles. The fourth-order valence-electron chi connectivity index (χ4n) is 2.04. The summed E-state index contributed by atoms with van der Waals surface area (Å²) in [6.45, 7) is 0.758. The SMILES string of the molecule is Clc1cccc(NCc2ccc3cc[nH]c3c2)c1Br. The third-order valence-corrected chi connectivity index (χ3v) is 4.45. The molecule has 2 N–H and O–H groups in total. The molecule has 3 rings (SSSR count). The Morgan fingerprint density at radius 2 is 2.05 bits per heavy atom. The van der Waals surface area contributed by atoms with Crippen molar-refractivity contribution in [3.05, 3.63) is 63.7 Å². The van der Waals surface area contributed by atoms with E-state index in [4.69, 9.17) is 11.6 Å². The monoisotopic (exact) mass is 334 g/mol. The molecule has 1 heterocycles. The van der Waals surface area contributed by atoms with Crippen molar-refractivity contribution >= 4 is 44.1 Å². The van der Waals surface area contributed by atoms with Crippen LogP contribution in [0.4, 0.5) is 5.69 Å². The Morgan fingerprint density at radius 3 is 2.95 bits per heavy atom. The molecule has 0 aliphatic heterocycles. The molecule has 4 heteroatoms. The second-order valence-electron chi connectivity index (χ2n) is 4.35. The van der Waals surface area contributed by atoms with Crippen molar-refractivity contribution in [2.24, 2.45) is 0 Å². The molecule has 0 radical (unpaired) electrons. The summed E-state index contributed by atoms with van der Waals surface area (Å²) in [5, 5.41) is 5.32. The van der Waals surface area contributed by atoms with Gasteiger partial charge in [-0.2, -0.15) is 0 Å². The number of halogens is 2. The number of benzene rings is 2. The molecule has 0 saturated carbocycles. The Bertz CT molecular complexity index is 721. The molecule has 0 saturated heterocycles. The number of H-pyrrole nitrogens is 1. The minimum absolute atomic E-state index is 0.713. The normalized spacial score (nSPS) is 10.8. The number of hydrogen-bond acceptors (Lipinski definition) is 1. The minimum Gasteiger partial charge on any atom is -0.380 e. The first-order valence-electron chi connectivity index (χ1n) is 5.98. The fourth-order valence-corrected chi connectivity index (χ4v) is 2.62. The van der Waals surface area contributed by atoms with E-state index in [2.05, 4.69) is 50.5 Å². The van der Waals surface area contributed by atoms with Gasteiger partial charge in [-0.3, -0.25) is 0 Å². The maximum Gasteiger partial charge on any atom is 0.0593 e. The van der Waals surface area contributed by atoms with Crippen molar-refractivity contribution in [2.75, 3.05) is 5.32 Å². The number of anilines is 1. The Kier molecular flexibility index (Phi) is 3.49. The van der Waals surface area contributed by atoms with Gasteiger partial charge >= 0.3 is 0 Å². The maximum absolute atomic E-state index is 6.07. The van der Waals surface area contributed by atoms with Crippen LogP contribution in [0.25, 0.3) is 10.9 Å². The first kappa shape index (κ1) is 12.6. The van der Waals surface area contributed by atoms with Gasteiger partial charge in [-0.05, 0) is 51.1 Å². The maximum atomic E-state index is 6.07. The van der Waals surface area contributed by atoms with Crippen LogP contribution in [-0.2, 0) is 6.54 Å². The van der Waals surface area contributed by atoms with E-state index in [0.717, 1.165) is 22.2 Å². The second-order valence-corrected chi connectivity index (χ2v) is 5.55. The van der Waals surface area contributed by atoms with Gasteiger partial charge in [-0.15, -0.1) is 0 Å². The van der Waals surface area contributed by atoms with Gasteiger partial charge < -0.3 is 10.3 Å². The van der Waals surface area contributed by atoms with E-state index in [1.54, 1.807) is 0 Å².